The molecule has 0 unspecified atom stereocenters. The summed E-state index contributed by atoms with van der Waals surface area (Å²) >= 11 is 6.31. The van der Waals surface area contributed by atoms with Crippen LogP contribution in [0.4, 0.5) is 0 Å². The fraction of sp³-hybridized carbons (Fsp3) is 0.478. The summed E-state index contributed by atoms with van der Waals surface area (Å²) < 4.78 is 0. The number of amides is 1. The van der Waals surface area contributed by atoms with E-state index in [4.69, 9.17) is 11.6 Å². The second kappa shape index (κ2) is 8.22. The molecule has 2 saturated carbocycles. The third-order valence-electron chi connectivity index (χ3n) is 6.38. The lowest BCUT2D eigenvalue weighted by molar-refractivity contribution is 0.0548. The first-order valence-electron chi connectivity index (χ1n) is 10.2. The zero-order chi connectivity index (χ0) is 19.6. The number of hydrogen-bond acceptors (Lipinski definition) is 3. The molecular formula is C23H27ClN2O2. The molecule has 0 radical (unpaired) electrons. The Kier molecular flexibility index (Phi) is 5.70. The van der Waals surface area contributed by atoms with Gasteiger partial charge in [0.1, 0.15) is 0 Å². The van der Waals surface area contributed by atoms with E-state index in [1.165, 1.54) is 0 Å². The summed E-state index contributed by atoms with van der Waals surface area (Å²) in [6, 6.07) is 13.9. The highest BCUT2D eigenvalue weighted by Crippen LogP contribution is 2.44. The van der Waals surface area contributed by atoms with Crippen LogP contribution in [0, 0.1) is 0 Å². The number of aliphatic hydroxyl groups is 1. The lowest BCUT2D eigenvalue weighted by Crippen LogP contribution is -2.47. The SMILES string of the molecule is O=C(c1ccccc1Cl)N(C1CC1)[C@H]1CC[C@](CCO)(c2ccccn2)CC1. The Morgan fingerprint density at radius 3 is 2.36 bits per heavy atom. The summed E-state index contributed by atoms with van der Waals surface area (Å²) in [6.07, 6.45) is 8.45. The molecule has 28 heavy (non-hydrogen) atoms. The minimum atomic E-state index is -0.0881. The van der Waals surface area contributed by atoms with Gasteiger partial charge in [0.05, 0.1) is 10.6 Å². The smallest absolute Gasteiger partial charge is 0.255 e. The van der Waals surface area contributed by atoms with Gasteiger partial charge in [-0.1, -0.05) is 29.8 Å². The van der Waals surface area contributed by atoms with Crippen LogP contribution in [0.15, 0.2) is 48.7 Å². The van der Waals surface area contributed by atoms with Crippen molar-refractivity contribution in [1.82, 2.24) is 9.88 Å². The fourth-order valence-electron chi connectivity index (χ4n) is 4.71. The van der Waals surface area contributed by atoms with Crippen molar-refractivity contribution in [2.75, 3.05) is 6.61 Å². The minimum absolute atomic E-state index is 0.0607. The highest BCUT2D eigenvalue weighted by atomic mass is 35.5. The standard InChI is InChI=1S/C23H27ClN2O2/c24-20-6-2-1-5-19(20)22(28)26(17-8-9-17)18-10-12-23(13-11-18,14-16-27)21-7-3-4-15-25-21/h1-7,15,17-18,27H,8-14,16H2/t18-,23-. The first-order valence-corrected chi connectivity index (χ1v) is 10.6. The third-order valence-corrected chi connectivity index (χ3v) is 6.71. The van der Waals surface area contributed by atoms with Crippen LogP contribution in [-0.2, 0) is 5.41 Å². The molecule has 5 heteroatoms. The average Bonchev–Trinajstić information content (AvgIpc) is 3.56. The Labute approximate surface area is 171 Å². The zero-order valence-corrected chi connectivity index (χ0v) is 16.8. The average molecular weight is 399 g/mol. The number of benzene rings is 1. The van der Waals surface area contributed by atoms with Gasteiger partial charge in [-0.2, -0.15) is 0 Å². The predicted molar refractivity (Wildman–Crippen MR) is 111 cm³/mol. The summed E-state index contributed by atoms with van der Waals surface area (Å²) in [5, 5.41) is 10.2. The highest BCUT2D eigenvalue weighted by Gasteiger charge is 2.44. The molecule has 0 saturated heterocycles. The Bertz CT molecular complexity index is 814. The van der Waals surface area contributed by atoms with E-state index in [1.807, 2.05) is 36.5 Å². The van der Waals surface area contributed by atoms with Gasteiger partial charge in [0.2, 0.25) is 0 Å². The Morgan fingerprint density at radius 2 is 1.75 bits per heavy atom. The van der Waals surface area contributed by atoms with Crippen molar-refractivity contribution < 1.29 is 9.90 Å². The van der Waals surface area contributed by atoms with Crippen molar-refractivity contribution in [2.24, 2.45) is 0 Å². The molecule has 1 aromatic carbocycles. The normalized spacial score (nSPS) is 24.7. The largest absolute Gasteiger partial charge is 0.396 e. The number of carbonyl (C=O) groups excluding carboxylic acids is 1. The van der Waals surface area contributed by atoms with Crippen LogP contribution in [0.5, 0.6) is 0 Å². The van der Waals surface area contributed by atoms with Crippen LogP contribution in [0.3, 0.4) is 0 Å². The van der Waals surface area contributed by atoms with Gasteiger partial charge in [0.25, 0.3) is 5.91 Å². The molecule has 0 spiro atoms. The molecule has 1 heterocycles. The van der Waals surface area contributed by atoms with Gasteiger partial charge in [0.15, 0.2) is 0 Å². The molecule has 4 rings (SSSR count). The van der Waals surface area contributed by atoms with Crippen molar-refractivity contribution in [1.29, 1.82) is 0 Å². The maximum absolute atomic E-state index is 13.3. The molecule has 2 fully saturated rings. The van der Waals surface area contributed by atoms with E-state index in [0.717, 1.165) is 50.6 Å². The molecule has 1 aromatic heterocycles. The van der Waals surface area contributed by atoms with Crippen LogP contribution >= 0.6 is 11.6 Å². The molecule has 0 bridgehead atoms. The van der Waals surface area contributed by atoms with Gasteiger partial charge >= 0.3 is 0 Å². The number of pyridine rings is 1. The van der Waals surface area contributed by atoms with Gasteiger partial charge in [0, 0.05) is 36.0 Å². The minimum Gasteiger partial charge on any atom is -0.396 e. The number of aliphatic hydroxyl groups excluding tert-OH is 1. The summed E-state index contributed by atoms with van der Waals surface area (Å²) in [4.78, 5) is 20.0. The van der Waals surface area contributed by atoms with Gasteiger partial charge in [-0.05, 0) is 69.2 Å². The summed E-state index contributed by atoms with van der Waals surface area (Å²) in [7, 11) is 0. The Balaban J connectivity index is 1.54. The first-order chi connectivity index (χ1) is 13.6. The number of carbonyl (C=O) groups is 1. The van der Waals surface area contributed by atoms with Gasteiger partial charge in [-0.15, -0.1) is 0 Å². The van der Waals surface area contributed by atoms with E-state index in [2.05, 4.69) is 16.0 Å². The third kappa shape index (κ3) is 3.81. The van der Waals surface area contributed by atoms with Gasteiger partial charge < -0.3 is 10.0 Å². The summed E-state index contributed by atoms with van der Waals surface area (Å²) in [6.45, 7) is 0.159. The summed E-state index contributed by atoms with van der Waals surface area (Å²) in [5.74, 6) is 0.0607. The van der Waals surface area contributed by atoms with Crippen LogP contribution in [0.25, 0.3) is 0 Å². The van der Waals surface area contributed by atoms with Crippen LogP contribution in [0.2, 0.25) is 5.02 Å². The summed E-state index contributed by atoms with van der Waals surface area (Å²) in [5.41, 5.74) is 1.58. The molecule has 2 aliphatic rings. The van der Waals surface area contributed by atoms with Crippen LogP contribution in [-0.4, -0.2) is 39.6 Å². The number of aromatic nitrogens is 1. The number of nitrogens with zero attached hydrogens (tertiary/aromatic N) is 2. The lowest BCUT2D eigenvalue weighted by Gasteiger charge is -2.43. The Morgan fingerprint density at radius 1 is 1.07 bits per heavy atom. The van der Waals surface area contributed by atoms with Crippen molar-refractivity contribution in [3.63, 3.8) is 0 Å². The number of hydrogen-bond donors (Lipinski definition) is 1. The maximum atomic E-state index is 13.3. The van der Waals surface area contributed by atoms with Gasteiger partial charge in [-0.25, -0.2) is 0 Å². The molecule has 2 aromatic rings. The highest BCUT2D eigenvalue weighted by molar-refractivity contribution is 6.33. The molecule has 148 valence electrons. The van der Waals surface area contributed by atoms with E-state index in [-0.39, 0.29) is 24.0 Å². The predicted octanol–water partition coefficient (Wildman–Crippen LogP) is 4.60. The molecule has 4 nitrogen and oxygen atoms in total. The Hall–Kier alpha value is -1.91. The second-order valence-electron chi connectivity index (χ2n) is 8.12. The molecule has 0 atom stereocenters. The molecule has 1 N–H and O–H groups in total. The maximum Gasteiger partial charge on any atom is 0.255 e. The topological polar surface area (TPSA) is 53.4 Å². The van der Waals surface area contributed by atoms with Crippen molar-refractivity contribution >= 4 is 17.5 Å². The van der Waals surface area contributed by atoms with Crippen molar-refractivity contribution in [2.45, 2.75) is 62.4 Å². The van der Waals surface area contributed by atoms with E-state index in [9.17, 15) is 9.90 Å². The second-order valence-corrected chi connectivity index (χ2v) is 8.53. The number of halogens is 1. The van der Waals surface area contributed by atoms with E-state index in [0.29, 0.717) is 16.6 Å². The van der Waals surface area contributed by atoms with Crippen molar-refractivity contribution in [3.8, 4) is 0 Å². The monoisotopic (exact) mass is 398 g/mol. The fourth-order valence-corrected chi connectivity index (χ4v) is 4.93. The van der Waals surface area contributed by atoms with E-state index < -0.39 is 0 Å². The van der Waals surface area contributed by atoms with Crippen LogP contribution in [0.1, 0.15) is 61.0 Å². The van der Waals surface area contributed by atoms with Crippen LogP contribution < -0.4 is 0 Å². The number of rotatable bonds is 6. The molecular weight excluding hydrogens is 372 g/mol. The first kappa shape index (κ1) is 19.4. The zero-order valence-electron chi connectivity index (χ0n) is 16.1. The van der Waals surface area contributed by atoms with E-state index in [1.54, 1.807) is 6.07 Å². The molecule has 0 aliphatic heterocycles. The van der Waals surface area contributed by atoms with E-state index >= 15 is 0 Å². The lowest BCUT2D eigenvalue weighted by atomic mass is 9.68. The molecule has 1 amide bonds. The van der Waals surface area contributed by atoms with Crippen molar-refractivity contribution in [3.05, 3.63) is 64.9 Å². The molecule has 2 aliphatic carbocycles. The quantitative estimate of drug-likeness (QED) is 0.773. The van der Waals surface area contributed by atoms with Gasteiger partial charge in [-0.3, -0.25) is 9.78 Å².